The van der Waals surface area contributed by atoms with E-state index >= 15 is 0 Å². The van der Waals surface area contributed by atoms with Crippen molar-refractivity contribution in [2.24, 2.45) is 0 Å². The van der Waals surface area contributed by atoms with Gasteiger partial charge in [-0.15, -0.1) is 0 Å². The van der Waals surface area contributed by atoms with Gasteiger partial charge in [-0.1, -0.05) is 30.7 Å². The second kappa shape index (κ2) is 8.98. The van der Waals surface area contributed by atoms with Crippen LogP contribution in [0.25, 0.3) is 0 Å². The van der Waals surface area contributed by atoms with Crippen LogP contribution < -0.4 is 10.1 Å². The van der Waals surface area contributed by atoms with Gasteiger partial charge in [0.05, 0.1) is 6.04 Å². The van der Waals surface area contributed by atoms with Crippen molar-refractivity contribution in [1.82, 2.24) is 10.2 Å². The Morgan fingerprint density at radius 2 is 1.91 bits per heavy atom. The van der Waals surface area contributed by atoms with Crippen molar-refractivity contribution in [2.45, 2.75) is 33.2 Å². The average Bonchev–Trinajstić information content (AvgIpc) is 2.49. The zero-order chi connectivity index (χ0) is 17.4. The molecule has 126 valence electrons. The van der Waals surface area contributed by atoms with Crippen molar-refractivity contribution >= 4 is 11.8 Å². The highest BCUT2D eigenvalue weighted by Crippen LogP contribution is 2.27. The van der Waals surface area contributed by atoms with Crippen LogP contribution in [0.3, 0.4) is 0 Å². The van der Waals surface area contributed by atoms with Crippen LogP contribution in [0.4, 0.5) is 0 Å². The normalized spacial score (nSPS) is 11.3. The molecule has 5 nitrogen and oxygen atoms in total. The molecule has 0 heterocycles. The molecular weight excluding hydrogens is 292 g/mol. The smallest absolute Gasteiger partial charge is 0.259 e. The lowest BCUT2D eigenvalue weighted by molar-refractivity contribution is -0.130. The Balaban J connectivity index is 2.90. The molecule has 0 saturated heterocycles. The minimum atomic E-state index is -0.163. The number of amides is 2. The number of hydrogen-bond acceptors (Lipinski definition) is 3. The third-order valence-electron chi connectivity index (χ3n) is 3.29. The molecule has 0 fully saturated rings. The van der Waals surface area contributed by atoms with Crippen LogP contribution in [0.15, 0.2) is 35.9 Å². The van der Waals surface area contributed by atoms with Crippen molar-refractivity contribution in [3.8, 4) is 5.75 Å². The van der Waals surface area contributed by atoms with Gasteiger partial charge >= 0.3 is 0 Å². The summed E-state index contributed by atoms with van der Waals surface area (Å²) in [5.41, 5.74) is 1.82. The number of carbonyl (C=O) groups is 2. The van der Waals surface area contributed by atoms with E-state index in [1.54, 1.807) is 20.2 Å². The molecule has 0 aromatic heterocycles. The minimum absolute atomic E-state index is 0.0254. The van der Waals surface area contributed by atoms with Gasteiger partial charge in [-0.2, -0.15) is 0 Å². The number of likely N-dealkylation sites (N-methyl/N-ethyl adjacent to an activating group) is 1. The predicted octanol–water partition coefficient (Wildman–Crippen LogP) is 2.69. The zero-order valence-electron chi connectivity index (χ0n) is 14.6. The number of hydrogen-bond donors (Lipinski definition) is 1. The van der Waals surface area contributed by atoms with Crippen LogP contribution in [0.2, 0.25) is 0 Å². The summed E-state index contributed by atoms with van der Waals surface area (Å²) in [4.78, 5) is 25.1. The standard InChI is InChI=1S/C18H26N2O3/c1-6-15(19-17(21)11-13(2)3)14-9-7-8-10-16(14)23-12-18(22)20(4)5/h7-11,15H,6,12H2,1-5H3,(H,19,21)/t15-/m0/s1. The lowest BCUT2D eigenvalue weighted by Crippen LogP contribution is -2.29. The molecule has 1 aromatic carbocycles. The summed E-state index contributed by atoms with van der Waals surface area (Å²) < 4.78 is 5.65. The number of nitrogens with zero attached hydrogens (tertiary/aromatic N) is 1. The van der Waals surface area contributed by atoms with Gasteiger partial charge in [0.2, 0.25) is 5.91 Å². The molecule has 0 radical (unpaired) electrons. The Morgan fingerprint density at radius 1 is 1.26 bits per heavy atom. The largest absolute Gasteiger partial charge is 0.483 e. The van der Waals surface area contributed by atoms with Crippen LogP contribution >= 0.6 is 0 Å². The number of allylic oxidation sites excluding steroid dienone is 1. The summed E-state index contributed by atoms with van der Waals surface area (Å²) in [5, 5.41) is 2.97. The Bertz CT molecular complexity index is 575. The van der Waals surface area contributed by atoms with Crippen molar-refractivity contribution in [1.29, 1.82) is 0 Å². The molecule has 1 aromatic rings. The number of benzene rings is 1. The van der Waals surface area contributed by atoms with Crippen LogP contribution in [-0.4, -0.2) is 37.4 Å². The number of nitrogens with one attached hydrogen (secondary N) is 1. The van der Waals surface area contributed by atoms with E-state index in [2.05, 4.69) is 5.32 Å². The predicted molar refractivity (Wildman–Crippen MR) is 91.2 cm³/mol. The fourth-order valence-corrected chi connectivity index (χ4v) is 2.04. The maximum absolute atomic E-state index is 12.0. The molecule has 23 heavy (non-hydrogen) atoms. The third-order valence-corrected chi connectivity index (χ3v) is 3.29. The SMILES string of the molecule is CC[C@H](NC(=O)C=C(C)C)c1ccccc1OCC(=O)N(C)C. The van der Waals surface area contributed by atoms with Gasteiger partial charge in [-0.25, -0.2) is 0 Å². The zero-order valence-corrected chi connectivity index (χ0v) is 14.6. The first-order chi connectivity index (χ1) is 10.8. The van der Waals surface area contributed by atoms with Gasteiger partial charge < -0.3 is 15.0 Å². The molecule has 0 aliphatic carbocycles. The molecule has 5 heteroatoms. The molecular formula is C18H26N2O3. The maximum Gasteiger partial charge on any atom is 0.259 e. The van der Waals surface area contributed by atoms with Gasteiger partial charge in [0, 0.05) is 25.7 Å². The summed E-state index contributed by atoms with van der Waals surface area (Å²) in [6.45, 7) is 5.73. The molecule has 0 bridgehead atoms. The van der Waals surface area contributed by atoms with Gasteiger partial charge in [0.1, 0.15) is 5.75 Å². The molecule has 0 saturated carbocycles. The van der Waals surface area contributed by atoms with E-state index in [9.17, 15) is 9.59 Å². The molecule has 0 aliphatic rings. The Morgan fingerprint density at radius 3 is 2.48 bits per heavy atom. The lowest BCUT2D eigenvalue weighted by atomic mass is 10.0. The average molecular weight is 318 g/mol. The highest BCUT2D eigenvalue weighted by molar-refractivity contribution is 5.88. The monoisotopic (exact) mass is 318 g/mol. The highest BCUT2D eigenvalue weighted by atomic mass is 16.5. The van der Waals surface area contributed by atoms with E-state index in [-0.39, 0.29) is 24.5 Å². The summed E-state index contributed by atoms with van der Waals surface area (Å²) in [6.07, 6.45) is 2.30. The Labute approximate surface area is 138 Å². The topological polar surface area (TPSA) is 58.6 Å². The first kappa shape index (κ1) is 18.7. The Kier molecular flexibility index (Phi) is 7.32. The highest BCUT2D eigenvalue weighted by Gasteiger charge is 2.17. The molecule has 1 N–H and O–H groups in total. The molecule has 0 aliphatic heterocycles. The van der Waals surface area contributed by atoms with Crippen LogP contribution in [0, 0.1) is 0 Å². The first-order valence-electron chi connectivity index (χ1n) is 7.72. The van der Waals surface area contributed by atoms with E-state index < -0.39 is 0 Å². The van der Waals surface area contributed by atoms with Gasteiger partial charge in [0.25, 0.3) is 5.91 Å². The summed E-state index contributed by atoms with van der Waals surface area (Å²) >= 11 is 0. The molecule has 2 amide bonds. The summed E-state index contributed by atoms with van der Waals surface area (Å²) in [7, 11) is 3.37. The summed E-state index contributed by atoms with van der Waals surface area (Å²) in [6, 6.07) is 7.30. The molecule has 1 rings (SSSR count). The number of rotatable bonds is 7. The summed E-state index contributed by atoms with van der Waals surface area (Å²) in [5.74, 6) is 0.379. The second-order valence-corrected chi connectivity index (χ2v) is 5.81. The Hall–Kier alpha value is -2.30. The van der Waals surface area contributed by atoms with Gasteiger partial charge in [0.15, 0.2) is 6.61 Å². The number of para-hydroxylation sites is 1. The first-order valence-corrected chi connectivity index (χ1v) is 7.72. The maximum atomic E-state index is 12.0. The fraction of sp³-hybridized carbons (Fsp3) is 0.444. The molecule has 1 atom stereocenters. The van der Waals surface area contributed by atoms with Crippen LogP contribution in [0.5, 0.6) is 5.75 Å². The van der Waals surface area contributed by atoms with Crippen molar-refractivity contribution < 1.29 is 14.3 Å². The number of ether oxygens (including phenoxy) is 1. The third kappa shape index (κ3) is 6.14. The van der Waals surface area contributed by atoms with Gasteiger partial charge in [-0.3, -0.25) is 9.59 Å². The van der Waals surface area contributed by atoms with E-state index in [4.69, 9.17) is 4.74 Å². The molecule has 0 spiro atoms. The fourth-order valence-electron chi connectivity index (χ4n) is 2.04. The minimum Gasteiger partial charge on any atom is -0.483 e. The second-order valence-electron chi connectivity index (χ2n) is 5.81. The van der Waals surface area contributed by atoms with E-state index in [1.165, 1.54) is 4.90 Å². The van der Waals surface area contributed by atoms with Crippen molar-refractivity contribution in [3.05, 3.63) is 41.5 Å². The number of carbonyl (C=O) groups excluding carboxylic acids is 2. The van der Waals surface area contributed by atoms with Gasteiger partial charge in [-0.05, 0) is 26.3 Å². The molecule has 0 unspecified atom stereocenters. The van der Waals surface area contributed by atoms with Crippen molar-refractivity contribution in [2.75, 3.05) is 20.7 Å². The van der Waals surface area contributed by atoms with Crippen LogP contribution in [0.1, 0.15) is 38.8 Å². The van der Waals surface area contributed by atoms with Crippen LogP contribution in [-0.2, 0) is 9.59 Å². The van der Waals surface area contributed by atoms with E-state index in [0.29, 0.717) is 5.75 Å². The van der Waals surface area contributed by atoms with E-state index in [0.717, 1.165) is 17.6 Å². The van der Waals surface area contributed by atoms with Crippen molar-refractivity contribution in [3.63, 3.8) is 0 Å². The van der Waals surface area contributed by atoms with E-state index in [1.807, 2.05) is 45.0 Å². The lowest BCUT2D eigenvalue weighted by Gasteiger charge is -2.20. The quantitative estimate of drug-likeness (QED) is 0.786.